The van der Waals surface area contributed by atoms with Gasteiger partial charge in [0, 0.05) is 0 Å². The Kier molecular flexibility index (Phi) is 7.79. The molecule has 0 heteroatoms. The van der Waals surface area contributed by atoms with Gasteiger partial charge in [-0.1, -0.05) is 112 Å². The first-order chi connectivity index (χ1) is 16.2. The van der Waals surface area contributed by atoms with E-state index in [0.717, 1.165) is 38.5 Å². The highest BCUT2D eigenvalue weighted by Crippen LogP contribution is 2.21. The summed E-state index contributed by atoms with van der Waals surface area (Å²) in [7, 11) is 0. The molecule has 168 valence electrons. The molecule has 0 nitrogen and oxygen atoms in total. The van der Waals surface area contributed by atoms with Crippen LogP contribution in [-0.4, -0.2) is 0 Å². The zero-order valence-corrected chi connectivity index (χ0v) is 20.4. The van der Waals surface area contributed by atoms with Crippen LogP contribution >= 0.6 is 0 Å². The topological polar surface area (TPSA) is 0 Å². The summed E-state index contributed by atoms with van der Waals surface area (Å²) in [6.45, 7) is 6.68. The van der Waals surface area contributed by atoms with Gasteiger partial charge < -0.3 is 0 Å². The van der Waals surface area contributed by atoms with E-state index in [1.165, 1.54) is 50.1 Å². The summed E-state index contributed by atoms with van der Waals surface area (Å²) in [6, 6.07) is 34.4. The van der Waals surface area contributed by atoms with Gasteiger partial charge >= 0.3 is 0 Å². The van der Waals surface area contributed by atoms with Gasteiger partial charge in [-0.3, -0.25) is 0 Å². The molecule has 0 radical (unpaired) electrons. The summed E-state index contributed by atoms with van der Waals surface area (Å²) in [5.74, 6) is 0. The second-order valence-corrected chi connectivity index (χ2v) is 9.14. The summed E-state index contributed by atoms with van der Waals surface area (Å²) in [5, 5.41) is 0. The first kappa shape index (κ1) is 23.1. The maximum Gasteiger partial charge on any atom is -0.00230 e. The molecule has 0 fully saturated rings. The fourth-order valence-electron chi connectivity index (χ4n) is 4.54. The molecule has 0 atom stereocenters. The average Bonchev–Trinajstić information content (AvgIpc) is 2.87. The molecule has 0 N–H and O–H groups in total. The van der Waals surface area contributed by atoms with Crippen molar-refractivity contribution < 1.29 is 0 Å². The highest BCUT2D eigenvalue weighted by atomic mass is 14.1. The third kappa shape index (κ3) is 6.23. The molecule has 0 aliphatic rings. The molecular formula is C33H36. The van der Waals surface area contributed by atoms with E-state index in [9.17, 15) is 0 Å². The van der Waals surface area contributed by atoms with E-state index >= 15 is 0 Å². The molecule has 0 heterocycles. The van der Waals surface area contributed by atoms with Crippen LogP contribution in [0, 0.1) is 0 Å². The van der Waals surface area contributed by atoms with Gasteiger partial charge in [0.25, 0.3) is 0 Å². The van der Waals surface area contributed by atoms with Crippen LogP contribution in [0.5, 0.6) is 0 Å². The lowest BCUT2D eigenvalue weighted by molar-refractivity contribution is 1.04. The second kappa shape index (κ2) is 11.1. The normalized spacial score (nSPS) is 11.0. The van der Waals surface area contributed by atoms with Crippen molar-refractivity contribution in [1.29, 1.82) is 0 Å². The van der Waals surface area contributed by atoms with Crippen molar-refractivity contribution in [3.8, 4) is 0 Å². The van der Waals surface area contributed by atoms with Crippen LogP contribution in [0.4, 0.5) is 0 Å². The van der Waals surface area contributed by atoms with Crippen LogP contribution in [0.3, 0.4) is 0 Å². The molecule has 4 aromatic rings. The van der Waals surface area contributed by atoms with Crippen molar-refractivity contribution in [2.24, 2.45) is 0 Å². The fourth-order valence-corrected chi connectivity index (χ4v) is 4.54. The van der Waals surface area contributed by atoms with Crippen molar-refractivity contribution in [2.75, 3.05) is 0 Å². The Hall–Kier alpha value is -3.12. The smallest absolute Gasteiger partial charge is 0.00230 e. The van der Waals surface area contributed by atoms with Crippen LogP contribution in [0.15, 0.2) is 91.0 Å². The van der Waals surface area contributed by atoms with Gasteiger partial charge in [0.1, 0.15) is 0 Å². The first-order valence-electron chi connectivity index (χ1n) is 12.5. The summed E-state index contributed by atoms with van der Waals surface area (Å²) in [4.78, 5) is 0. The van der Waals surface area contributed by atoms with Gasteiger partial charge in [0.05, 0.1) is 0 Å². The minimum Gasteiger partial charge on any atom is -0.0613 e. The summed E-state index contributed by atoms with van der Waals surface area (Å²) < 4.78 is 0. The molecule has 0 aliphatic carbocycles. The van der Waals surface area contributed by atoms with Gasteiger partial charge in [-0.05, 0) is 88.6 Å². The molecule has 0 spiro atoms. The van der Waals surface area contributed by atoms with Crippen LogP contribution in [0.2, 0.25) is 0 Å². The molecule has 4 aromatic carbocycles. The molecule has 0 saturated heterocycles. The Bertz CT molecular complexity index is 1150. The van der Waals surface area contributed by atoms with Gasteiger partial charge in [-0.15, -0.1) is 0 Å². The van der Waals surface area contributed by atoms with Crippen LogP contribution < -0.4 is 0 Å². The maximum atomic E-state index is 2.42. The van der Waals surface area contributed by atoms with Gasteiger partial charge in [-0.25, -0.2) is 0 Å². The zero-order valence-electron chi connectivity index (χ0n) is 20.4. The molecule has 4 rings (SSSR count). The molecular weight excluding hydrogens is 396 g/mol. The second-order valence-electron chi connectivity index (χ2n) is 9.14. The van der Waals surface area contributed by atoms with E-state index < -0.39 is 0 Å². The van der Waals surface area contributed by atoms with Crippen LogP contribution in [0.1, 0.15) is 70.8 Å². The molecule has 0 saturated carbocycles. The molecule has 33 heavy (non-hydrogen) atoms. The minimum atomic E-state index is 0.990. The van der Waals surface area contributed by atoms with E-state index in [4.69, 9.17) is 0 Å². The highest BCUT2D eigenvalue weighted by molar-refractivity contribution is 5.39. The fraction of sp³-hybridized carbons (Fsp3) is 0.273. The van der Waals surface area contributed by atoms with Crippen LogP contribution in [0.25, 0.3) is 0 Å². The number of rotatable bonds is 9. The molecule has 0 bridgehead atoms. The molecule has 0 aromatic heterocycles. The first-order valence-corrected chi connectivity index (χ1v) is 12.5. The number of benzene rings is 4. The van der Waals surface area contributed by atoms with E-state index in [-0.39, 0.29) is 0 Å². The van der Waals surface area contributed by atoms with Crippen LogP contribution in [-0.2, 0) is 38.5 Å². The Labute approximate surface area is 200 Å². The van der Waals surface area contributed by atoms with E-state index in [1.807, 2.05) is 0 Å². The summed E-state index contributed by atoms with van der Waals surface area (Å²) >= 11 is 0. The number of aryl methyl sites for hydroxylation is 3. The lowest BCUT2D eigenvalue weighted by atomic mass is 9.93. The standard InChI is InChI=1S/C33H36/c1-4-25-7-11-27(12-8-25)21-28-15-17-29(18-16-28)22-31-19-20-33(32(6-3)24-31)23-30-13-9-26(5-2)10-14-30/h7-20,24H,4-6,21-23H2,1-3H3. The van der Waals surface area contributed by atoms with E-state index in [1.54, 1.807) is 0 Å². The molecule has 0 unspecified atom stereocenters. The SMILES string of the molecule is CCc1ccc(Cc2ccc(Cc3ccc(Cc4ccc(CC)cc4)c(CC)c3)cc2)cc1. The monoisotopic (exact) mass is 432 g/mol. The number of hydrogen-bond acceptors (Lipinski definition) is 0. The minimum absolute atomic E-state index is 0.990. The largest absolute Gasteiger partial charge is 0.0613 e. The lowest BCUT2D eigenvalue weighted by Gasteiger charge is -2.12. The predicted octanol–water partition coefficient (Wildman–Crippen LogP) is 8.15. The average molecular weight is 433 g/mol. The summed E-state index contributed by atoms with van der Waals surface area (Å²) in [6.07, 6.45) is 6.28. The Balaban J connectivity index is 1.41. The predicted molar refractivity (Wildman–Crippen MR) is 142 cm³/mol. The van der Waals surface area contributed by atoms with Crippen molar-refractivity contribution in [1.82, 2.24) is 0 Å². The van der Waals surface area contributed by atoms with Crippen molar-refractivity contribution in [3.63, 3.8) is 0 Å². The Morgan fingerprint density at radius 2 is 0.697 bits per heavy atom. The van der Waals surface area contributed by atoms with Gasteiger partial charge in [0.15, 0.2) is 0 Å². The third-order valence-electron chi connectivity index (χ3n) is 6.75. The van der Waals surface area contributed by atoms with Gasteiger partial charge in [-0.2, -0.15) is 0 Å². The quantitative estimate of drug-likeness (QED) is 0.250. The zero-order chi connectivity index (χ0) is 23.0. The van der Waals surface area contributed by atoms with E-state index in [2.05, 4.69) is 112 Å². The highest BCUT2D eigenvalue weighted by Gasteiger charge is 2.06. The van der Waals surface area contributed by atoms with Gasteiger partial charge in [0.2, 0.25) is 0 Å². The van der Waals surface area contributed by atoms with Crippen molar-refractivity contribution in [3.05, 3.63) is 141 Å². The molecule has 0 amide bonds. The summed E-state index contributed by atoms with van der Waals surface area (Å²) in [5.41, 5.74) is 12.7. The molecule has 0 aliphatic heterocycles. The Morgan fingerprint density at radius 1 is 0.333 bits per heavy atom. The third-order valence-corrected chi connectivity index (χ3v) is 6.75. The van der Waals surface area contributed by atoms with Crippen molar-refractivity contribution in [2.45, 2.75) is 59.3 Å². The Morgan fingerprint density at radius 3 is 1.12 bits per heavy atom. The van der Waals surface area contributed by atoms with E-state index in [0.29, 0.717) is 0 Å². The number of hydrogen-bond donors (Lipinski definition) is 0. The lowest BCUT2D eigenvalue weighted by Crippen LogP contribution is -1.98. The van der Waals surface area contributed by atoms with Crippen molar-refractivity contribution >= 4 is 0 Å². The maximum absolute atomic E-state index is 2.42.